The van der Waals surface area contributed by atoms with Gasteiger partial charge in [0.1, 0.15) is 5.75 Å². The van der Waals surface area contributed by atoms with E-state index in [2.05, 4.69) is 10.6 Å². The number of hydrogen-bond donors (Lipinski definition) is 3. The number of hydrogen-bond acceptors (Lipinski definition) is 5. The Bertz CT molecular complexity index is 1090. The summed E-state index contributed by atoms with van der Waals surface area (Å²) in [6, 6.07) is 10.6. The number of nitrogens with one attached hydrogen (secondary N) is 2. The van der Waals surface area contributed by atoms with Crippen LogP contribution in [0.3, 0.4) is 0 Å². The standard InChI is InChI=1S/C25H25F3N2O6/c26-25(27,28)21(31)15-1-3-16(4-2-15)22(32)29-13-14-30-23(33)17-5-9-19(10-6-17)36-20-11-7-18(8-12-20)24(34)35/h1-6,9-10,18,20H,7-8,11-14H2,(H,29,32)(H,30,33)(H,34,35). The second kappa shape index (κ2) is 11.7. The van der Waals surface area contributed by atoms with Crippen molar-refractivity contribution < 1.29 is 42.2 Å². The Balaban J connectivity index is 1.39. The lowest BCUT2D eigenvalue weighted by molar-refractivity contribution is -0.143. The maximum absolute atomic E-state index is 12.5. The highest BCUT2D eigenvalue weighted by atomic mass is 19.4. The van der Waals surface area contributed by atoms with Crippen molar-refractivity contribution in [2.24, 2.45) is 5.92 Å². The van der Waals surface area contributed by atoms with Gasteiger partial charge in [-0.3, -0.25) is 19.2 Å². The SMILES string of the molecule is O=C(NCCNC(=O)c1ccc(C(=O)C(F)(F)F)cc1)c1ccc(OC2CCC(C(=O)O)CC2)cc1. The average molecular weight is 506 g/mol. The van der Waals surface area contributed by atoms with Crippen LogP contribution in [0, 0.1) is 5.92 Å². The van der Waals surface area contributed by atoms with Gasteiger partial charge in [0.2, 0.25) is 0 Å². The summed E-state index contributed by atoms with van der Waals surface area (Å²) in [4.78, 5) is 46.6. The molecule has 2 amide bonds. The van der Waals surface area contributed by atoms with E-state index in [0.717, 1.165) is 24.3 Å². The Kier molecular flexibility index (Phi) is 8.68. The molecule has 3 N–H and O–H groups in total. The molecule has 3 rings (SSSR count). The fraction of sp³-hybridized carbons (Fsp3) is 0.360. The number of benzene rings is 2. The Morgan fingerprint density at radius 2 is 1.22 bits per heavy atom. The normalized spacial score (nSPS) is 17.6. The Morgan fingerprint density at radius 3 is 1.67 bits per heavy atom. The van der Waals surface area contributed by atoms with Crippen LogP contribution < -0.4 is 15.4 Å². The molecule has 0 aliphatic heterocycles. The van der Waals surface area contributed by atoms with Crippen LogP contribution in [0.1, 0.15) is 56.8 Å². The lowest BCUT2D eigenvalue weighted by atomic mass is 9.87. The van der Waals surface area contributed by atoms with E-state index < -0.39 is 29.4 Å². The predicted octanol–water partition coefficient (Wildman–Crippen LogP) is 3.61. The second-order valence-corrected chi connectivity index (χ2v) is 8.37. The predicted molar refractivity (Wildman–Crippen MR) is 122 cm³/mol. The maximum atomic E-state index is 12.5. The molecule has 0 bridgehead atoms. The number of Topliss-reactive ketones (excluding diaryl/α,β-unsaturated/α-hetero) is 1. The number of halogens is 3. The van der Waals surface area contributed by atoms with Crippen LogP contribution >= 0.6 is 0 Å². The minimum atomic E-state index is -4.99. The maximum Gasteiger partial charge on any atom is 0.454 e. The molecule has 8 nitrogen and oxygen atoms in total. The van der Waals surface area contributed by atoms with Gasteiger partial charge in [-0.1, -0.05) is 12.1 Å². The molecule has 36 heavy (non-hydrogen) atoms. The lowest BCUT2D eigenvalue weighted by Crippen LogP contribution is -2.34. The first-order valence-electron chi connectivity index (χ1n) is 11.3. The molecule has 11 heteroatoms. The summed E-state index contributed by atoms with van der Waals surface area (Å²) in [6.07, 6.45) is -2.61. The van der Waals surface area contributed by atoms with Crippen LogP contribution in [-0.2, 0) is 4.79 Å². The smallest absolute Gasteiger partial charge is 0.454 e. The van der Waals surface area contributed by atoms with E-state index >= 15 is 0 Å². The fourth-order valence-electron chi connectivity index (χ4n) is 3.80. The van der Waals surface area contributed by atoms with Gasteiger partial charge in [-0.25, -0.2) is 0 Å². The van der Waals surface area contributed by atoms with Gasteiger partial charge in [-0.15, -0.1) is 0 Å². The zero-order valence-electron chi connectivity index (χ0n) is 19.1. The van der Waals surface area contributed by atoms with Crippen molar-refractivity contribution in [2.45, 2.75) is 38.0 Å². The number of carboxylic acids is 1. The summed E-state index contributed by atoms with van der Waals surface area (Å²) in [5.74, 6) is -3.43. The number of aliphatic carboxylic acids is 1. The van der Waals surface area contributed by atoms with Gasteiger partial charge in [-0.2, -0.15) is 13.2 Å². The third-order valence-electron chi connectivity index (χ3n) is 5.81. The van der Waals surface area contributed by atoms with Gasteiger partial charge in [0.05, 0.1) is 12.0 Å². The molecule has 1 fully saturated rings. The van der Waals surface area contributed by atoms with Crippen molar-refractivity contribution in [2.75, 3.05) is 13.1 Å². The van der Waals surface area contributed by atoms with Crippen LogP contribution in [-0.4, -0.2) is 54.0 Å². The number of ether oxygens (including phenoxy) is 1. The Morgan fingerprint density at radius 1 is 0.778 bits per heavy atom. The number of carbonyl (C=O) groups excluding carboxylic acids is 3. The van der Waals surface area contributed by atoms with Crippen LogP contribution in [0.4, 0.5) is 13.2 Å². The highest BCUT2D eigenvalue weighted by molar-refractivity contribution is 6.01. The van der Waals surface area contributed by atoms with Gasteiger partial charge >= 0.3 is 12.1 Å². The lowest BCUT2D eigenvalue weighted by Gasteiger charge is -2.26. The summed E-state index contributed by atoms with van der Waals surface area (Å²) in [6.45, 7) is 0.189. The fourth-order valence-corrected chi connectivity index (χ4v) is 3.80. The molecule has 2 aromatic carbocycles. The molecule has 1 aliphatic carbocycles. The van der Waals surface area contributed by atoms with Gasteiger partial charge in [0, 0.05) is 29.8 Å². The Hall–Kier alpha value is -3.89. The minimum absolute atomic E-state index is 0.0646. The Labute approximate surface area is 204 Å². The third-order valence-corrected chi connectivity index (χ3v) is 5.81. The monoisotopic (exact) mass is 506 g/mol. The summed E-state index contributed by atoms with van der Waals surface area (Å²) in [5.41, 5.74) is -0.103. The zero-order chi connectivity index (χ0) is 26.3. The molecule has 0 heterocycles. The van der Waals surface area contributed by atoms with Crippen molar-refractivity contribution in [3.05, 3.63) is 65.2 Å². The summed E-state index contributed by atoms with van der Waals surface area (Å²) in [7, 11) is 0. The van der Waals surface area contributed by atoms with Crippen molar-refractivity contribution in [1.82, 2.24) is 10.6 Å². The molecule has 1 aliphatic rings. The van der Waals surface area contributed by atoms with Gasteiger partial charge < -0.3 is 20.5 Å². The number of ketones is 1. The van der Waals surface area contributed by atoms with E-state index in [0.29, 0.717) is 37.0 Å². The van der Waals surface area contributed by atoms with Gasteiger partial charge in [-0.05, 0) is 62.1 Å². The molecule has 1 saturated carbocycles. The molecule has 0 spiro atoms. The van der Waals surface area contributed by atoms with E-state index in [1.165, 1.54) is 0 Å². The number of carbonyl (C=O) groups is 4. The first kappa shape index (κ1) is 26.7. The molecule has 192 valence electrons. The van der Waals surface area contributed by atoms with Crippen LogP contribution in [0.15, 0.2) is 48.5 Å². The summed E-state index contributed by atoms with van der Waals surface area (Å²) >= 11 is 0. The van der Waals surface area contributed by atoms with Gasteiger partial charge in [0.15, 0.2) is 0 Å². The quantitative estimate of drug-likeness (QED) is 0.353. The third kappa shape index (κ3) is 7.30. The van der Waals surface area contributed by atoms with Crippen molar-refractivity contribution in [3.63, 3.8) is 0 Å². The van der Waals surface area contributed by atoms with E-state index in [4.69, 9.17) is 9.84 Å². The molecule has 2 aromatic rings. The van der Waals surface area contributed by atoms with Crippen LogP contribution in [0.25, 0.3) is 0 Å². The van der Waals surface area contributed by atoms with Gasteiger partial charge in [0.25, 0.3) is 17.6 Å². The minimum Gasteiger partial charge on any atom is -0.490 e. The first-order chi connectivity index (χ1) is 17.0. The second-order valence-electron chi connectivity index (χ2n) is 8.37. The van der Waals surface area contributed by atoms with Crippen molar-refractivity contribution in [1.29, 1.82) is 0 Å². The highest BCUT2D eigenvalue weighted by Gasteiger charge is 2.39. The van der Waals surface area contributed by atoms with E-state index in [9.17, 15) is 32.3 Å². The molecule has 0 unspecified atom stereocenters. The van der Waals surface area contributed by atoms with E-state index in [1.807, 2.05) is 0 Å². The molecule has 0 saturated heterocycles. The summed E-state index contributed by atoms with van der Waals surface area (Å²) in [5, 5.41) is 14.2. The van der Waals surface area contributed by atoms with Crippen LogP contribution in [0.2, 0.25) is 0 Å². The molecule has 0 atom stereocenters. The number of rotatable bonds is 9. The van der Waals surface area contributed by atoms with Crippen LogP contribution in [0.5, 0.6) is 5.75 Å². The summed E-state index contributed by atoms with van der Waals surface area (Å²) < 4.78 is 43.2. The number of amides is 2. The molecular weight excluding hydrogens is 481 g/mol. The highest BCUT2D eigenvalue weighted by Crippen LogP contribution is 2.28. The molecule has 0 radical (unpaired) electrons. The topological polar surface area (TPSA) is 122 Å². The first-order valence-corrected chi connectivity index (χ1v) is 11.3. The largest absolute Gasteiger partial charge is 0.490 e. The number of carboxylic acid groups (broad SMARTS) is 1. The van der Waals surface area contributed by atoms with Crippen molar-refractivity contribution >= 4 is 23.6 Å². The molecule has 0 aromatic heterocycles. The van der Waals surface area contributed by atoms with Crippen molar-refractivity contribution in [3.8, 4) is 5.75 Å². The van der Waals surface area contributed by atoms with E-state index in [1.54, 1.807) is 24.3 Å². The average Bonchev–Trinajstić information content (AvgIpc) is 2.86. The molecular formula is C25H25F3N2O6. The van der Waals surface area contributed by atoms with E-state index in [-0.39, 0.29) is 36.6 Å². The number of alkyl halides is 3. The zero-order valence-corrected chi connectivity index (χ0v) is 19.1.